The van der Waals surface area contributed by atoms with Gasteiger partial charge in [0.1, 0.15) is 11.6 Å². The highest BCUT2D eigenvalue weighted by Gasteiger charge is 2.24. The van der Waals surface area contributed by atoms with Crippen LogP contribution in [0.2, 0.25) is 0 Å². The molecule has 0 amide bonds. The van der Waals surface area contributed by atoms with Crippen molar-refractivity contribution in [1.82, 2.24) is 5.32 Å². The summed E-state index contributed by atoms with van der Waals surface area (Å²) in [5, 5.41) is 11.9. The fraction of sp³-hybridized carbons (Fsp3) is 0.909. The highest BCUT2D eigenvalue weighted by atomic mass is 16.6. The first-order valence-corrected chi connectivity index (χ1v) is 5.59. The number of ether oxygens (including phenoxy) is 1. The third kappa shape index (κ3) is 7.62. The number of nitrogens with one attached hydrogen (secondary N) is 1. The first-order valence-electron chi connectivity index (χ1n) is 5.59. The zero-order valence-corrected chi connectivity index (χ0v) is 10.6. The molecule has 16 heavy (non-hydrogen) atoms. The minimum absolute atomic E-state index is 0.0383. The molecule has 0 spiro atoms. The number of hydrogen-bond acceptors (Lipinski definition) is 5. The van der Waals surface area contributed by atoms with Crippen LogP contribution in [-0.2, 0) is 9.53 Å². The number of aliphatic hydroxyl groups excluding tert-OH is 1. The summed E-state index contributed by atoms with van der Waals surface area (Å²) in [6.45, 7) is 7.74. The maximum atomic E-state index is 11.7. The Labute approximate surface area is 97.3 Å². The van der Waals surface area contributed by atoms with E-state index in [4.69, 9.17) is 15.6 Å². The molecule has 0 aromatic carbocycles. The zero-order valence-electron chi connectivity index (χ0n) is 10.6. The largest absolute Gasteiger partial charge is 0.459 e. The summed E-state index contributed by atoms with van der Waals surface area (Å²) in [6.07, 6.45) is 0.335. The topological polar surface area (TPSA) is 84.6 Å². The maximum absolute atomic E-state index is 11.7. The second kappa shape index (κ2) is 6.83. The van der Waals surface area contributed by atoms with Gasteiger partial charge in [0.05, 0.1) is 0 Å². The minimum Gasteiger partial charge on any atom is -0.459 e. The van der Waals surface area contributed by atoms with Crippen LogP contribution in [0.3, 0.4) is 0 Å². The average Bonchev–Trinajstić information content (AvgIpc) is 2.08. The molecule has 4 N–H and O–H groups in total. The van der Waals surface area contributed by atoms with Gasteiger partial charge < -0.3 is 20.9 Å². The summed E-state index contributed by atoms with van der Waals surface area (Å²) in [5.41, 5.74) is 5.07. The van der Waals surface area contributed by atoms with E-state index in [0.29, 0.717) is 13.0 Å². The van der Waals surface area contributed by atoms with Crippen LogP contribution in [-0.4, -0.2) is 41.9 Å². The Morgan fingerprint density at radius 1 is 1.50 bits per heavy atom. The van der Waals surface area contributed by atoms with E-state index >= 15 is 0 Å². The zero-order chi connectivity index (χ0) is 12.8. The Bertz CT molecular complexity index is 212. The van der Waals surface area contributed by atoms with Gasteiger partial charge in [0.15, 0.2) is 0 Å². The number of rotatable bonds is 6. The van der Waals surface area contributed by atoms with Crippen molar-refractivity contribution in [1.29, 1.82) is 0 Å². The van der Waals surface area contributed by atoms with Crippen LogP contribution in [0.1, 0.15) is 34.1 Å². The molecular weight excluding hydrogens is 208 g/mol. The summed E-state index contributed by atoms with van der Waals surface area (Å²) in [7, 11) is 0. The lowest BCUT2D eigenvalue weighted by molar-refractivity contribution is -0.157. The van der Waals surface area contributed by atoms with E-state index in [1.165, 1.54) is 0 Å². The number of nitrogens with two attached hydrogens (primary N) is 1. The molecule has 2 unspecified atom stereocenters. The van der Waals surface area contributed by atoms with Crippen LogP contribution in [0.4, 0.5) is 0 Å². The lowest BCUT2D eigenvalue weighted by Crippen LogP contribution is -2.45. The van der Waals surface area contributed by atoms with Gasteiger partial charge in [-0.15, -0.1) is 0 Å². The molecule has 0 aromatic heterocycles. The van der Waals surface area contributed by atoms with E-state index in [1.807, 2.05) is 27.7 Å². The summed E-state index contributed by atoms with van der Waals surface area (Å²) in [6, 6.07) is -0.529. The summed E-state index contributed by atoms with van der Waals surface area (Å²) in [4.78, 5) is 11.7. The van der Waals surface area contributed by atoms with Gasteiger partial charge in [-0.1, -0.05) is 0 Å². The smallest absolute Gasteiger partial charge is 0.323 e. The molecule has 0 fully saturated rings. The molecule has 2 atom stereocenters. The quantitative estimate of drug-likeness (QED) is 0.562. The van der Waals surface area contributed by atoms with Crippen molar-refractivity contribution in [2.24, 2.45) is 5.73 Å². The second-order valence-corrected chi connectivity index (χ2v) is 4.98. The molecule has 0 heterocycles. The normalized spacial score (nSPS) is 15.6. The van der Waals surface area contributed by atoms with E-state index < -0.39 is 11.6 Å². The Balaban J connectivity index is 4.23. The van der Waals surface area contributed by atoms with E-state index in [0.717, 1.165) is 0 Å². The van der Waals surface area contributed by atoms with Crippen LogP contribution in [0.5, 0.6) is 0 Å². The van der Waals surface area contributed by atoms with Crippen molar-refractivity contribution in [3.05, 3.63) is 0 Å². The maximum Gasteiger partial charge on any atom is 0.323 e. The van der Waals surface area contributed by atoms with E-state index in [2.05, 4.69) is 5.32 Å². The second-order valence-electron chi connectivity index (χ2n) is 4.98. The predicted octanol–water partition coefficient (Wildman–Crippen LogP) is 0.0159. The minimum atomic E-state index is -0.513. The molecule has 0 aliphatic carbocycles. The standard InChI is InChI=1S/C11H24N2O3/c1-8(12)7-13-9(5-6-14)10(15)16-11(2,3)4/h8-9,13-14H,5-7,12H2,1-4H3. The molecule has 0 saturated heterocycles. The molecule has 0 aromatic rings. The van der Waals surface area contributed by atoms with E-state index in [9.17, 15) is 4.79 Å². The SMILES string of the molecule is CC(N)CNC(CCO)C(=O)OC(C)(C)C. The number of esters is 1. The highest BCUT2D eigenvalue weighted by molar-refractivity contribution is 5.76. The summed E-state index contributed by atoms with van der Waals surface area (Å²) < 4.78 is 5.23. The van der Waals surface area contributed by atoms with Gasteiger partial charge in [0.25, 0.3) is 0 Å². The molecule has 0 aliphatic heterocycles. The van der Waals surface area contributed by atoms with Crippen LogP contribution in [0, 0.1) is 0 Å². The van der Waals surface area contributed by atoms with Crippen LogP contribution < -0.4 is 11.1 Å². The number of hydrogen-bond donors (Lipinski definition) is 3. The van der Waals surface area contributed by atoms with Crippen molar-refractivity contribution in [2.45, 2.75) is 51.8 Å². The molecule has 0 aliphatic rings. The Morgan fingerprint density at radius 2 is 2.06 bits per heavy atom. The third-order valence-electron chi connectivity index (χ3n) is 1.80. The van der Waals surface area contributed by atoms with Crippen LogP contribution in [0.15, 0.2) is 0 Å². The number of carbonyl (C=O) groups excluding carboxylic acids is 1. The van der Waals surface area contributed by atoms with E-state index in [1.54, 1.807) is 0 Å². The molecule has 0 radical (unpaired) electrons. The average molecular weight is 232 g/mol. The Kier molecular flexibility index (Phi) is 6.55. The van der Waals surface area contributed by atoms with Gasteiger partial charge in [-0.05, 0) is 34.1 Å². The first-order chi connectivity index (χ1) is 7.26. The predicted molar refractivity (Wildman–Crippen MR) is 63.0 cm³/mol. The van der Waals surface area contributed by atoms with Gasteiger partial charge in [0.2, 0.25) is 0 Å². The lowest BCUT2D eigenvalue weighted by atomic mass is 10.1. The van der Waals surface area contributed by atoms with Crippen molar-refractivity contribution >= 4 is 5.97 Å². The fourth-order valence-electron chi connectivity index (χ4n) is 1.13. The van der Waals surface area contributed by atoms with Crippen molar-refractivity contribution in [3.63, 3.8) is 0 Å². The molecule has 96 valence electrons. The van der Waals surface area contributed by atoms with Crippen LogP contribution >= 0.6 is 0 Å². The van der Waals surface area contributed by atoms with Gasteiger partial charge in [0, 0.05) is 19.2 Å². The van der Waals surface area contributed by atoms with Crippen molar-refractivity contribution in [3.8, 4) is 0 Å². The van der Waals surface area contributed by atoms with Gasteiger partial charge >= 0.3 is 5.97 Å². The molecule has 0 saturated carbocycles. The number of carbonyl (C=O) groups is 1. The summed E-state index contributed by atoms with van der Waals surface area (Å²) >= 11 is 0. The van der Waals surface area contributed by atoms with Gasteiger partial charge in [-0.2, -0.15) is 0 Å². The molecule has 0 rings (SSSR count). The lowest BCUT2D eigenvalue weighted by Gasteiger charge is -2.24. The van der Waals surface area contributed by atoms with Crippen LogP contribution in [0.25, 0.3) is 0 Å². The fourth-order valence-corrected chi connectivity index (χ4v) is 1.13. The highest BCUT2D eigenvalue weighted by Crippen LogP contribution is 2.09. The van der Waals surface area contributed by atoms with E-state index in [-0.39, 0.29) is 18.6 Å². The number of aliphatic hydroxyl groups is 1. The Morgan fingerprint density at radius 3 is 2.44 bits per heavy atom. The molecular formula is C11H24N2O3. The first kappa shape index (κ1) is 15.3. The third-order valence-corrected chi connectivity index (χ3v) is 1.80. The molecule has 0 bridgehead atoms. The molecule has 5 heteroatoms. The van der Waals surface area contributed by atoms with Gasteiger partial charge in [-0.3, -0.25) is 4.79 Å². The molecule has 5 nitrogen and oxygen atoms in total. The summed E-state index contributed by atoms with van der Waals surface area (Å²) in [5.74, 6) is -0.345. The monoisotopic (exact) mass is 232 g/mol. The van der Waals surface area contributed by atoms with Gasteiger partial charge in [-0.25, -0.2) is 0 Å². The Hall–Kier alpha value is -0.650. The van der Waals surface area contributed by atoms with Crippen molar-refractivity contribution < 1.29 is 14.6 Å². The van der Waals surface area contributed by atoms with Crippen molar-refractivity contribution in [2.75, 3.05) is 13.2 Å².